The van der Waals surface area contributed by atoms with Crippen molar-refractivity contribution in [2.75, 3.05) is 0 Å². The van der Waals surface area contributed by atoms with Gasteiger partial charge in [-0.05, 0) is 25.0 Å². The maximum Gasteiger partial charge on any atom is 0.142 e. The maximum absolute atomic E-state index is 6.31. The van der Waals surface area contributed by atoms with Crippen molar-refractivity contribution >= 4 is 15.9 Å². The first kappa shape index (κ1) is 12.4. The molecule has 2 unspecified atom stereocenters. The van der Waals surface area contributed by atoms with Crippen LogP contribution in [-0.2, 0) is 0 Å². The lowest BCUT2D eigenvalue weighted by atomic mass is 9.96. The number of fused-ring (bicyclic) bond motifs is 1. The molecule has 104 valence electrons. The van der Waals surface area contributed by atoms with Crippen LogP contribution in [0.4, 0.5) is 0 Å². The van der Waals surface area contributed by atoms with Crippen molar-refractivity contribution < 1.29 is 4.74 Å². The van der Waals surface area contributed by atoms with E-state index in [1.165, 1.54) is 12.8 Å². The summed E-state index contributed by atoms with van der Waals surface area (Å²) in [7, 11) is 0. The van der Waals surface area contributed by atoms with Gasteiger partial charge in [0.2, 0.25) is 0 Å². The summed E-state index contributed by atoms with van der Waals surface area (Å²) in [6.45, 7) is 0. The summed E-state index contributed by atoms with van der Waals surface area (Å²) >= 11 is 3.49. The van der Waals surface area contributed by atoms with Gasteiger partial charge in [0.05, 0.1) is 18.2 Å². The molecular weight excluding hydrogens is 318 g/mol. The predicted molar refractivity (Wildman–Crippen MR) is 79.6 cm³/mol. The summed E-state index contributed by atoms with van der Waals surface area (Å²) in [6, 6.07) is 6.67. The molecule has 0 radical (unpaired) electrons. The normalized spacial score (nSPS) is 25.1. The van der Waals surface area contributed by atoms with Crippen molar-refractivity contribution in [3.63, 3.8) is 0 Å². The minimum Gasteiger partial charge on any atom is -0.484 e. The summed E-state index contributed by atoms with van der Waals surface area (Å²) in [4.78, 5) is 4.29. The topological polar surface area (TPSA) is 53.1 Å². The van der Waals surface area contributed by atoms with Crippen LogP contribution in [0.1, 0.15) is 48.7 Å². The monoisotopic (exact) mass is 333 g/mol. The number of hydrogen-bond acceptors (Lipinski definition) is 3. The van der Waals surface area contributed by atoms with Crippen LogP contribution in [-0.4, -0.2) is 9.55 Å². The molecule has 0 spiro atoms. The fourth-order valence-corrected chi connectivity index (χ4v) is 3.22. The van der Waals surface area contributed by atoms with Crippen molar-refractivity contribution in [2.24, 2.45) is 5.73 Å². The van der Waals surface area contributed by atoms with Gasteiger partial charge in [-0.3, -0.25) is 0 Å². The van der Waals surface area contributed by atoms with Crippen LogP contribution < -0.4 is 10.5 Å². The van der Waals surface area contributed by atoms with E-state index in [1.807, 2.05) is 30.7 Å². The average molecular weight is 334 g/mol. The molecule has 2 heterocycles. The van der Waals surface area contributed by atoms with Crippen LogP contribution in [0.5, 0.6) is 5.75 Å². The van der Waals surface area contributed by atoms with Gasteiger partial charge in [0.25, 0.3) is 0 Å². The summed E-state index contributed by atoms with van der Waals surface area (Å²) in [5, 5.41) is 0. The van der Waals surface area contributed by atoms with Gasteiger partial charge in [-0.1, -0.05) is 22.0 Å². The second-order valence-electron chi connectivity index (χ2n) is 5.59. The zero-order chi connectivity index (χ0) is 13.7. The second-order valence-corrected chi connectivity index (χ2v) is 6.50. The number of nitrogens with zero attached hydrogens (tertiary/aromatic N) is 2. The smallest absolute Gasteiger partial charge is 0.142 e. The molecule has 1 aromatic heterocycles. The highest BCUT2D eigenvalue weighted by Crippen LogP contribution is 2.43. The maximum atomic E-state index is 6.31. The minimum atomic E-state index is -0.00472. The number of benzene rings is 1. The fraction of sp³-hybridized carbons (Fsp3) is 0.400. The van der Waals surface area contributed by atoms with E-state index in [9.17, 15) is 0 Å². The molecule has 4 nitrogen and oxygen atoms in total. The fourth-order valence-electron chi connectivity index (χ4n) is 2.88. The summed E-state index contributed by atoms with van der Waals surface area (Å²) in [6.07, 6.45) is 7.10. The lowest BCUT2D eigenvalue weighted by molar-refractivity contribution is 0.153. The predicted octanol–water partition coefficient (Wildman–Crippen LogP) is 3.50. The van der Waals surface area contributed by atoms with Crippen LogP contribution >= 0.6 is 15.9 Å². The molecule has 0 bridgehead atoms. The largest absolute Gasteiger partial charge is 0.484 e. The molecule has 5 heteroatoms. The van der Waals surface area contributed by atoms with Crippen LogP contribution in [0, 0.1) is 0 Å². The van der Waals surface area contributed by atoms with Crippen LogP contribution in [0.2, 0.25) is 0 Å². The van der Waals surface area contributed by atoms with Crippen molar-refractivity contribution in [3.8, 4) is 5.75 Å². The minimum absolute atomic E-state index is 0.00472. The molecule has 2 aliphatic rings. The third-order valence-corrected chi connectivity index (χ3v) is 4.57. The lowest BCUT2D eigenvalue weighted by Gasteiger charge is -2.30. The molecule has 2 aromatic rings. The van der Waals surface area contributed by atoms with E-state index in [1.54, 1.807) is 0 Å². The number of rotatable bonds is 2. The second kappa shape index (κ2) is 4.60. The quantitative estimate of drug-likeness (QED) is 0.914. The number of ether oxygens (including phenoxy) is 1. The molecule has 2 N–H and O–H groups in total. The summed E-state index contributed by atoms with van der Waals surface area (Å²) < 4.78 is 9.44. The first-order valence-electron chi connectivity index (χ1n) is 6.96. The highest BCUT2D eigenvalue weighted by atomic mass is 79.9. The zero-order valence-corrected chi connectivity index (χ0v) is 12.6. The molecule has 0 amide bonds. The Morgan fingerprint density at radius 1 is 1.35 bits per heavy atom. The highest BCUT2D eigenvalue weighted by molar-refractivity contribution is 9.10. The van der Waals surface area contributed by atoms with Gasteiger partial charge in [-0.15, -0.1) is 0 Å². The number of aromatic nitrogens is 2. The van der Waals surface area contributed by atoms with Gasteiger partial charge >= 0.3 is 0 Å². The molecule has 1 aliphatic carbocycles. The first-order valence-corrected chi connectivity index (χ1v) is 7.75. The van der Waals surface area contributed by atoms with E-state index in [0.717, 1.165) is 27.9 Å². The van der Waals surface area contributed by atoms with Gasteiger partial charge in [-0.25, -0.2) is 4.98 Å². The van der Waals surface area contributed by atoms with E-state index in [0.29, 0.717) is 6.04 Å². The number of halogens is 1. The average Bonchev–Trinajstić information content (AvgIpc) is 3.15. The Balaban J connectivity index is 1.69. The van der Waals surface area contributed by atoms with Crippen molar-refractivity contribution in [2.45, 2.75) is 37.5 Å². The van der Waals surface area contributed by atoms with Gasteiger partial charge in [0.15, 0.2) is 0 Å². The van der Waals surface area contributed by atoms with E-state index >= 15 is 0 Å². The molecule has 4 rings (SSSR count). The van der Waals surface area contributed by atoms with Gasteiger partial charge in [0.1, 0.15) is 11.9 Å². The Hall–Kier alpha value is -1.33. The lowest BCUT2D eigenvalue weighted by Crippen LogP contribution is -2.25. The zero-order valence-electron chi connectivity index (χ0n) is 11.0. The van der Waals surface area contributed by atoms with Crippen LogP contribution in [0.15, 0.2) is 35.2 Å². The van der Waals surface area contributed by atoms with Gasteiger partial charge < -0.3 is 15.0 Å². The molecule has 1 aromatic carbocycles. The molecule has 1 aliphatic heterocycles. The molecule has 20 heavy (non-hydrogen) atoms. The number of imidazole rings is 1. The Labute approximate surface area is 126 Å². The Morgan fingerprint density at radius 3 is 3.00 bits per heavy atom. The standard InChI is InChI=1S/C15H16BrN3O/c16-9-1-4-11-12(17)6-15(20-14(11)5-9)13-7-18-8-19(13)10-2-3-10/h1,4-5,7-8,10,12,15H,2-3,6,17H2. The number of hydrogen-bond donors (Lipinski definition) is 1. The van der Waals surface area contributed by atoms with Crippen molar-refractivity contribution in [1.29, 1.82) is 0 Å². The van der Waals surface area contributed by atoms with Crippen molar-refractivity contribution in [1.82, 2.24) is 9.55 Å². The SMILES string of the molecule is NC1CC(c2cncn2C2CC2)Oc2cc(Br)ccc21. The Bertz CT molecular complexity index is 650. The van der Waals surface area contributed by atoms with Crippen LogP contribution in [0.25, 0.3) is 0 Å². The highest BCUT2D eigenvalue weighted by Gasteiger charge is 2.33. The van der Waals surface area contributed by atoms with Gasteiger partial charge in [0, 0.05) is 28.5 Å². The van der Waals surface area contributed by atoms with E-state index in [2.05, 4.69) is 25.5 Å². The first-order chi connectivity index (χ1) is 9.72. The van der Waals surface area contributed by atoms with E-state index in [-0.39, 0.29) is 12.1 Å². The van der Waals surface area contributed by atoms with E-state index in [4.69, 9.17) is 10.5 Å². The molecule has 1 fully saturated rings. The summed E-state index contributed by atoms with van der Waals surface area (Å²) in [5.41, 5.74) is 8.54. The molecule has 0 saturated heterocycles. The van der Waals surface area contributed by atoms with Gasteiger partial charge in [-0.2, -0.15) is 0 Å². The van der Waals surface area contributed by atoms with Crippen LogP contribution in [0.3, 0.4) is 0 Å². The van der Waals surface area contributed by atoms with Crippen molar-refractivity contribution in [3.05, 3.63) is 46.5 Å². The third-order valence-electron chi connectivity index (χ3n) is 4.08. The third kappa shape index (κ3) is 2.05. The Kier molecular flexibility index (Phi) is 2.86. The molecular formula is C15H16BrN3O. The molecule has 1 saturated carbocycles. The molecule has 2 atom stereocenters. The summed E-state index contributed by atoms with van der Waals surface area (Å²) in [5.74, 6) is 0.881. The van der Waals surface area contributed by atoms with E-state index < -0.39 is 0 Å². The number of nitrogens with two attached hydrogens (primary N) is 1. The Morgan fingerprint density at radius 2 is 2.20 bits per heavy atom.